The van der Waals surface area contributed by atoms with E-state index in [9.17, 15) is 9.59 Å². The van der Waals surface area contributed by atoms with Crippen LogP contribution in [0.25, 0.3) is 0 Å². The second-order valence-corrected chi connectivity index (χ2v) is 6.40. The summed E-state index contributed by atoms with van der Waals surface area (Å²) in [5.74, 6) is 0.638. The zero-order valence-corrected chi connectivity index (χ0v) is 14.2. The second kappa shape index (κ2) is 7.99. The molecule has 5 heteroatoms. The van der Waals surface area contributed by atoms with Crippen LogP contribution in [0.4, 0.5) is 4.79 Å². The highest BCUT2D eigenvalue weighted by Gasteiger charge is 2.23. The second-order valence-electron chi connectivity index (χ2n) is 6.40. The molecule has 0 radical (unpaired) electrons. The van der Waals surface area contributed by atoms with Gasteiger partial charge in [0.1, 0.15) is 0 Å². The number of methoxy groups -OCH3 is 1. The minimum atomic E-state index is -0.322. The third kappa shape index (κ3) is 4.71. The van der Waals surface area contributed by atoms with Crippen LogP contribution < -0.4 is 0 Å². The van der Waals surface area contributed by atoms with Crippen LogP contribution in [-0.2, 0) is 11.2 Å². The van der Waals surface area contributed by atoms with Gasteiger partial charge in [-0.2, -0.15) is 0 Å². The van der Waals surface area contributed by atoms with Crippen LogP contribution in [0.15, 0.2) is 24.3 Å². The van der Waals surface area contributed by atoms with Gasteiger partial charge in [0.25, 0.3) is 5.91 Å². The molecule has 1 aliphatic rings. The summed E-state index contributed by atoms with van der Waals surface area (Å²) in [7, 11) is 1.38. The summed E-state index contributed by atoms with van der Waals surface area (Å²) in [6, 6.07) is 7.88. The van der Waals surface area contributed by atoms with Crippen molar-refractivity contribution in [2.24, 2.45) is 5.92 Å². The molecule has 0 atom stereocenters. The predicted molar refractivity (Wildman–Crippen MR) is 89.5 cm³/mol. The van der Waals surface area contributed by atoms with E-state index >= 15 is 0 Å². The standard InChI is InChI=1S/C18H26N2O3/c1-14(2)13-15-5-7-16(8-6-15)17(21)19-9-4-10-20(12-11-19)18(22)23-3/h5-8,14H,4,9-13H2,1-3H3. The molecule has 0 unspecified atom stereocenters. The maximum Gasteiger partial charge on any atom is 0.409 e. The first-order chi connectivity index (χ1) is 11.0. The fourth-order valence-electron chi connectivity index (χ4n) is 2.87. The summed E-state index contributed by atoms with van der Waals surface area (Å²) in [4.78, 5) is 27.7. The molecule has 1 saturated heterocycles. The fraction of sp³-hybridized carbons (Fsp3) is 0.556. The topological polar surface area (TPSA) is 49.9 Å². The minimum absolute atomic E-state index is 0.0350. The number of amides is 2. The van der Waals surface area contributed by atoms with Crippen molar-refractivity contribution in [1.29, 1.82) is 0 Å². The normalized spacial score (nSPS) is 15.5. The van der Waals surface area contributed by atoms with Gasteiger partial charge < -0.3 is 14.5 Å². The highest BCUT2D eigenvalue weighted by Crippen LogP contribution is 2.13. The molecular formula is C18H26N2O3. The average Bonchev–Trinajstić information content (AvgIpc) is 2.79. The van der Waals surface area contributed by atoms with Crippen molar-refractivity contribution in [3.8, 4) is 0 Å². The number of benzene rings is 1. The zero-order chi connectivity index (χ0) is 16.8. The number of rotatable bonds is 3. The van der Waals surface area contributed by atoms with E-state index in [0.29, 0.717) is 37.7 Å². The Hall–Kier alpha value is -2.04. The first kappa shape index (κ1) is 17.3. The Labute approximate surface area is 138 Å². The zero-order valence-electron chi connectivity index (χ0n) is 14.2. The van der Waals surface area contributed by atoms with Gasteiger partial charge in [0.2, 0.25) is 0 Å². The molecule has 2 amide bonds. The van der Waals surface area contributed by atoms with Gasteiger partial charge in [0.05, 0.1) is 7.11 Å². The SMILES string of the molecule is COC(=O)N1CCCN(C(=O)c2ccc(CC(C)C)cc2)CC1. The number of hydrogen-bond donors (Lipinski definition) is 0. The van der Waals surface area contributed by atoms with Crippen molar-refractivity contribution < 1.29 is 14.3 Å². The molecule has 1 heterocycles. The molecule has 23 heavy (non-hydrogen) atoms. The summed E-state index contributed by atoms with van der Waals surface area (Å²) < 4.78 is 4.75. The molecule has 0 spiro atoms. The molecule has 0 bridgehead atoms. The highest BCUT2D eigenvalue weighted by atomic mass is 16.5. The van der Waals surface area contributed by atoms with Gasteiger partial charge in [-0.05, 0) is 36.5 Å². The molecule has 1 aromatic carbocycles. The van der Waals surface area contributed by atoms with Crippen LogP contribution >= 0.6 is 0 Å². The van der Waals surface area contributed by atoms with Gasteiger partial charge in [-0.1, -0.05) is 26.0 Å². The van der Waals surface area contributed by atoms with Crippen LogP contribution in [0, 0.1) is 5.92 Å². The lowest BCUT2D eigenvalue weighted by Crippen LogP contribution is -2.37. The molecule has 2 rings (SSSR count). The lowest BCUT2D eigenvalue weighted by molar-refractivity contribution is 0.0757. The summed E-state index contributed by atoms with van der Waals surface area (Å²) in [6.07, 6.45) is 1.47. The van der Waals surface area contributed by atoms with E-state index in [0.717, 1.165) is 12.8 Å². The van der Waals surface area contributed by atoms with E-state index < -0.39 is 0 Å². The maximum atomic E-state index is 12.6. The monoisotopic (exact) mass is 318 g/mol. The van der Waals surface area contributed by atoms with Crippen molar-refractivity contribution in [1.82, 2.24) is 9.80 Å². The summed E-state index contributed by atoms with van der Waals surface area (Å²) >= 11 is 0. The predicted octanol–water partition coefficient (Wildman–Crippen LogP) is 2.80. The van der Waals surface area contributed by atoms with E-state index in [-0.39, 0.29) is 12.0 Å². The Kier molecular flexibility index (Phi) is 6.02. The molecule has 1 aliphatic heterocycles. The van der Waals surface area contributed by atoms with Crippen LogP contribution in [-0.4, -0.2) is 55.1 Å². The van der Waals surface area contributed by atoms with Gasteiger partial charge >= 0.3 is 6.09 Å². The minimum Gasteiger partial charge on any atom is -0.453 e. The molecule has 126 valence electrons. The van der Waals surface area contributed by atoms with Crippen LogP contribution in [0.3, 0.4) is 0 Å². The van der Waals surface area contributed by atoms with Crippen molar-refractivity contribution >= 4 is 12.0 Å². The summed E-state index contributed by atoms with van der Waals surface area (Å²) in [5, 5.41) is 0. The van der Waals surface area contributed by atoms with Gasteiger partial charge in [0, 0.05) is 31.7 Å². The molecular weight excluding hydrogens is 292 g/mol. The van der Waals surface area contributed by atoms with Crippen molar-refractivity contribution in [2.45, 2.75) is 26.7 Å². The quantitative estimate of drug-likeness (QED) is 0.861. The molecule has 0 N–H and O–H groups in total. The third-order valence-corrected chi connectivity index (χ3v) is 4.06. The Bertz CT molecular complexity index is 540. The van der Waals surface area contributed by atoms with Gasteiger partial charge in [-0.25, -0.2) is 4.79 Å². The summed E-state index contributed by atoms with van der Waals surface area (Å²) in [5.41, 5.74) is 1.97. The van der Waals surface area contributed by atoms with Gasteiger partial charge in [-0.3, -0.25) is 4.79 Å². The highest BCUT2D eigenvalue weighted by molar-refractivity contribution is 5.94. The van der Waals surface area contributed by atoms with E-state index in [1.54, 1.807) is 4.90 Å². The van der Waals surface area contributed by atoms with E-state index in [2.05, 4.69) is 13.8 Å². The van der Waals surface area contributed by atoms with Crippen LogP contribution in [0.5, 0.6) is 0 Å². The van der Waals surface area contributed by atoms with E-state index in [1.165, 1.54) is 12.7 Å². The number of nitrogens with zero attached hydrogens (tertiary/aromatic N) is 2. The van der Waals surface area contributed by atoms with Gasteiger partial charge in [-0.15, -0.1) is 0 Å². The van der Waals surface area contributed by atoms with Crippen molar-refractivity contribution in [3.05, 3.63) is 35.4 Å². The van der Waals surface area contributed by atoms with E-state index in [4.69, 9.17) is 4.74 Å². The number of hydrogen-bond acceptors (Lipinski definition) is 3. The average molecular weight is 318 g/mol. The van der Waals surface area contributed by atoms with Crippen molar-refractivity contribution in [2.75, 3.05) is 33.3 Å². The molecule has 1 fully saturated rings. The Morgan fingerprint density at radius 3 is 2.26 bits per heavy atom. The number of carbonyl (C=O) groups excluding carboxylic acids is 2. The van der Waals surface area contributed by atoms with E-state index in [1.807, 2.05) is 29.2 Å². The largest absolute Gasteiger partial charge is 0.453 e. The van der Waals surface area contributed by atoms with Crippen molar-refractivity contribution in [3.63, 3.8) is 0 Å². The Balaban J connectivity index is 1.98. The first-order valence-electron chi connectivity index (χ1n) is 8.22. The number of carbonyl (C=O) groups is 2. The summed E-state index contributed by atoms with van der Waals surface area (Å²) in [6.45, 7) is 6.72. The third-order valence-electron chi connectivity index (χ3n) is 4.06. The molecule has 1 aromatic rings. The Morgan fingerprint density at radius 1 is 1.04 bits per heavy atom. The molecule has 5 nitrogen and oxygen atoms in total. The lowest BCUT2D eigenvalue weighted by Gasteiger charge is -2.21. The van der Waals surface area contributed by atoms with Crippen LogP contribution in [0.1, 0.15) is 36.2 Å². The molecule has 0 aliphatic carbocycles. The first-order valence-corrected chi connectivity index (χ1v) is 8.22. The fourth-order valence-corrected chi connectivity index (χ4v) is 2.87. The Morgan fingerprint density at radius 2 is 1.65 bits per heavy atom. The van der Waals surface area contributed by atoms with Gasteiger partial charge in [0.15, 0.2) is 0 Å². The van der Waals surface area contributed by atoms with Crippen LogP contribution in [0.2, 0.25) is 0 Å². The smallest absolute Gasteiger partial charge is 0.409 e. The molecule has 0 saturated carbocycles. The number of ether oxygens (including phenoxy) is 1. The lowest BCUT2D eigenvalue weighted by atomic mass is 10.0. The maximum absolute atomic E-state index is 12.6. The molecule has 0 aromatic heterocycles.